The molecule has 0 aliphatic heterocycles. The molecule has 0 radical (unpaired) electrons. The highest BCUT2D eigenvalue weighted by atomic mass is 31.2. The molecule has 0 saturated carbocycles. The van der Waals surface area contributed by atoms with Gasteiger partial charge in [0, 0.05) is 13.0 Å². The number of phosphoric acid groups is 1. The van der Waals surface area contributed by atoms with Gasteiger partial charge in [0.25, 0.3) is 0 Å². The van der Waals surface area contributed by atoms with Crippen LogP contribution in [0.5, 0.6) is 0 Å². The van der Waals surface area contributed by atoms with Crippen LogP contribution in [0, 0.1) is 0 Å². The fourth-order valence-electron chi connectivity index (χ4n) is 5.31. The maximum absolute atomic E-state index is 12.6. The summed E-state index contributed by atoms with van der Waals surface area (Å²) in [6.45, 7) is 3.64. The summed E-state index contributed by atoms with van der Waals surface area (Å²) in [6, 6.07) is -1.49. The highest BCUT2D eigenvalue weighted by Gasteiger charge is 2.27. The van der Waals surface area contributed by atoms with Crippen molar-refractivity contribution in [1.82, 2.24) is 0 Å². The third kappa shape index (κ3) is 41.1. The van der Waals surface area contributed by atoms with Crippen LogP contribution in [0.4, 0.5) is 0 Å². The molecule has 0 rings (SSSR count). The summed E-state index contributed by atoms with van der Waals surface area (Å²) in [5.41, 5.74) is 5.35. The SMILES string of the molecule is CC/C=C\C/C=C\C/C=C\C/C=C\C/C=C\CCCC(=O)OC(COCCCCCCCCCC/C=C\C/C=C\CCCCC)COP(=O)(O)OCC(N)C(=O)O. The number of esters is 1. The van der Waals surface area contributed by atoms with Gasteiger partial charge in [0.2, 0.25) is 0 Å². The molecule has 326 valence electrons. The van der Waals surface area contributed by atoms with Gasteiger partial charge in [-0.1, -0.05) is 150 Å². The van der Waals surface area contributed by atoms with E-state index in [0.717, 1.165) is 64.2 Å². The summed E-state index contributed by atoms with van der Waals surface area (Å²) in [4.78, 5) is 33.5. The van der Waals surface area contributed by atoms with Gasteiger partial charge >= 0.3 is 19.8 Å². The second-order valence-corrected chi connectivity index (χ2v) is 15.5. The zero-order valence-electron chi connectivity index (χ0n) is 35.4. The fraction of sp³-hybridized carbons (Fsp3) is 0.652. The van der Waals surface area contributed by atoms with Gasteiger partial charge in [0.15, 0.2) is 0 Å². The lowest BCUT2D eigenvalue weighted by atomic mass is 10.1. The van der Waals surface area contributed by atoms with Crippen molar-refractivity contribution in [2.45, 2.75) is 167 Å². The Morgan fingerprint density at radius 3 is 1.53 bits per heavy atom. The minimum Gasteiger partial charge on any atom is -0.480 e. The standard InChI is InChI=1S/C46H78NO9P/c1-3-5-7-9-11-13-15-17-19-21-23-25-27-29-31-33-35-37-39-53-40-43(41-54-57(51,52)55-42-44(47)46(49)50)56-45(48)38-36-34-32-30-28-26-24-22-20-18-16-14-12-10-8-6-4-2/h6,8,11-14,17-20,24,26,30,32,43-44H,3-5,7,9-10,15-16,21-23,25,27-29,31,33-42,47H2,1-2H3,(H,49,50)(H,51,52)/b8-6-,13-11-,14-12-,19-17-,20-18-,26-24-,32-30-. The Kier molecular flexibility index (Phi) is 39.2. The number of unbranched alkanes of at least 4 members (excludes halogenated alkanes) is 12. The monoisotopic (exact) mass is 820 g/mol. The predicted molar refractivity (Wildman–Crippen MR) is 235 cm³/mol. The molecule has 0 spiro atoms. The molecule has 4 N–H and O–H groups in total. The first-order valence-electron chi connectivity index (χ1n) is 21.6. The number of carboxylic acid groups (broad SMARTS) is 1. The second-order valence-electron chi connectivity index (χ2n) is 14.1. The summed E-state index contributed by atoms with van der Waals surface area (Å²) in [7, 11) is -4.64. The maximum atomic E-state index is 12.6. The summed E-state index contributed by atoms with van der Waals surface area (Å²) in [5.74, 6) is -1.85. The zero-order chi connectivity index (χ0) is 41.9. The van der Waals surface area contributed by atoms with Gasteiger partial charge in [-0.3, -0.25) is 18.6 Å². The summed E-state index contributed by atoms with van der Waals surface area (Å²) >= 11 is 0. The molecule has 0 amide bonds. The third-order valence-corrected chi connectivity index (χ3v) is 9.61. The van der Waals surface area contributed by atoms with Crippen molar-refractivity contribution in [2.24, 2.45) is 5.73 Å². The molecule has 3 atom stereocenters. The number of nitrogens with two attached hydrogens (primary N) is 1. The third-order valence-electron chi connectivity index (χ3n) is 8.66. The average molecular weight is 820 g/mol. The largest absolute Gasteiger partial charge is 0.480 e. The Labute approximate surface area is 346 Å². The Bertz CT molecular complexity index is 1220. The number of rotatable bonds is 40. The molecule has 11 heteroatoms. The number of hydrogen-bond acceptors (Lipinski definition) is 8. The lowest BCUT2D eigenvalue weighted by Crippen LogP contribution is -2.34. The lowest BCUT2D eigenvalue weighted by molar-refractivity contribution is -0.154. The van der Waals surface area contributed by atoms with E-state index >= 15 is 0 Å². The predicted octanol–water partition coefficient (Wildman–Crippen LogP) is 12.0. The van der Waals surface area contributed by atoms with Crippen LogP contribution in [0.2, 0.25) is 0 Å². The van der Waals surface area contributed by atoms with E-state index in [9.17, 15) is 19.0 Å². The first-order chi connectivity index (χ1) is 27.7. The quantitative estimate of drug-likeness (QED) is 0.0235. The van der Waals surface area contributed by atoms with Gasteiger partial charge in [0.1, 0.15) is 12.1 Å². The van der Waals surface area contributed by atoms with Crippen molar-refractivity contribution in [2.75, 3.05) is 26.4 Å². The molecule has 0 fully saturated rings. The Balaban J connectivity index is 4.37. The van der Waals surface area contributed by atoms with Crippen molar-refractivity contribution in [3.63, 3.8) is 0 Å². The van der Waals surface area contributed by atoms with Crippen LogP contribution in [0.1, 0.15) is 155 Å². The number of hydrogen-bond donors (Lipinski definition) is 3. The molecule has 0 aromatic rings. The highest BCUT2D eigenvalue weighted by molar-refractivity contribution is 7.47. The van der Waals surface area contributed by atoms with Crippen molar-refractivity contribution in [1.29, 1.82) is 0 Å². The number of allylic oxidation sites excluding steroid dienone is 14. The molecule has 10 nitrogen and oxygen atoms in total. The maximum Gasteiger partial charge on any atom is 0.472 e. The minimum absolute atomic E-state index is 0.0150. The summed E-state index contributed by atoms with van der Waals surface area (Å²) < 4.78 is 33.3. The average Bonchev–Trinajstić information content (AvgIpc) is 3.19. The van der Waals surface area contributed by atoms with E-state index in [4.69, 9.17) is 29.4 Å². The molecule has 0 aromatic carbocycles. The van der Waals surface area contributed by atoms with Gasteiger partial charge in [0.05, 0.1) is 19.8 Å². The molecule has 0 heterocycles. The first kappa shape index (κ1) is 54.2. The first-order valence-corrected chi connectivity index (χ1v) is 23.1. The molecule has 0 aromatic heterocycles. The Morgan fingerprint density at radius 2 is 1.02 bits per heavy atom. The molecule has 3 unspecified atom stereocenters. The fourth-order valence-corrected chi connectivity index (χ4v) is 6.09. The molecule has 0 saturated heterocycles. The van der Waals surface area contributed by atoms with Crippen LogP contribution in [0.15, 0.2) is 85.1 Å². The molecular weight excluding hydrogens is 741 g/mol. The summed E-state index contributed by atoms with van der Waals surface area (Å²) in [5, 5.41) is 8.89. The number of ether oxygens (including phenoxy) is 2. The van der Waals surface area contributed by atoms with Gasteiger partial charge in [-0.25, -0.2) is 4.57 Å². The molecule has 0 aliphatic rings. The van der Waals surface area contributed by atoms with Crippen molar-refractivity contribution in [3.8, 4) is 0 Å². The van der Waals surface area contributed by atoms with Gasteiger partial charge in [-0.15, -0.1) is 0 Å². The van der Waals surface area contributed by atoms with E-state index < -0.39 is 45.1 Å². The van der Waals surface area contributed by atoms with E-state index in [1.54, 1.807) is 0 Å². The number of aliphatic carboxylic acids is 1. The van der Waals surface area contributed by atoms with Crippen molar-refractivity contribution in [3.05, 3.63) is 85.1 Å². The van der Waals surface area contributed by atoms with Crippen molar-refractivity contribution >= 4 is 19.8 Å². The lowest BCUT2D eigenvalue weighted by Gasteiger charge is -2.20. The molecule has 0 bridgehead atoms. The smallest absolute Gasteiger partial charge is 0.472 e. The normalized spacial score (nSPS) is 14.7. The Hall–Kier alpha value is -2.85. The van der Waals surface area contributed by atoms with Crippen LogP contribution in [-0.4, -0.2) is 60.5 Å². The molecule has 0 aliphatic carbocycles. The van der Waals surface area contributed by atoms with E-state index in [1.165, 1.54) is 57.8 Å². The Morgan fingerprint density at radius 1 is 0.579 bits per heavy atom. The molecular formula is C46H78NO9P. The van der Waals surface area contributed by atoms with Crippen LogP contribution in [-0.2, 0) is 32.7 Å². The van der Waals surface area contributed by atoms with E-state index in [-0.39, 0.29) is 13.0 Å². The highest BCUT2D eigenvalue weighted by Crippen LogP contribution is 2.43. The van der Waals surface area contributed by atoms with Gasteiger partial charge in [-0.05, 0) is 83.5 Å². The second kappa shape index (κ2) is 41.3. The van der Waals surface area contributed by atoms with Crippen LogP contribution in [0.3, 0.4) is 0 Å². The van der Waals surface area contributed by atoms with Crippen LogP contribution >= 0.6 is 7.82 Å². The summed E-state index contributed by atoms with van der Waals surface area (Å²) in [6.07, 6.45) is 52.1. The number of carbonyl (C=O) groups is 2. The van der Waals surface area contributed by atoms with E-state index in [1.807, 2.05) is 6.08 Å². The number of carboxylic acids is 1. The van der Waals surface area contributed by atoms with Crippen LogP contribution in [0.25, 0.3) is 0 Å². The molecule has 57 heavy (non-hydrogen) atoms. The van der Waals surface area contributed by atoms with E-state index in [0.29, 0.717) is 19.4 Å². The van der Waals surface area contributed by atoms with Crippen LogP contribution < -0.4 is 5.73 Å². The van der Waals surface area contributed by atoms with Crippen molar-refractivity contribution < 1.29 is 42.7 Å². The number of phosphoric ester groups is 1. The number of carbonyl (C=O) groups excluding carboxylic acids is 1. The van der Waals surface area contributed by atoms with Gasteiger partial charge < -0.3 is 25.2 Å². The van der Waals surface area contributed by atoms with E-state index in [2.05, 4.69) is 92.8 Å². The minimum atomic E-state index is -4.64. The van der Waals surface area contributed by atoms with Gasteiger partial charge in [-0.2, -0.15) is 0 Å². The topological polar surface area (TPSA) is 155 Å². The zero-order valence-corrected chi connectivity index (χ0v) is 36.3.